The van der Waals surface area contributed by atoms with E-state index in [1.165, 1.54) is 5.57 Å². The normalized spacial score (nSPS) is 56.3. The number of carboxylic acids is 1. The Balaban J connectivity index is 1.62. The molecule has 5 rings (SSSR count). The van der Waals surface area contributed by atoms with Gasteiger partial charge in [-0.3, -0.25) is 4.79 Å². The van der Waals surface area contributed by atoms with Gasteiger partial charge in [0.25, 0.3) is 0 Å². The maximum Gasteiger partial charge on any atom is 0.310 e. The summed E-state index contributed by atoms with van der Waals surface area (Å²) in [5.41, 5.74) is 0.826. The third-order valence-corrected chi connectivity index (χ3v) is 13.5. The van der Waals surface area contributed by atoms with E-state index in [4.69, 9.17) is 0 Å². The van der Waals surface area contributed by atoms with E-state index in [-0.39, 0.29) is 45.5 Å². The highest BCUT2D eigenvalue weighted by molar-refractivity contribution is 5.77. The molecule has 0 aromatic carbocycles. The van der Waals surface area contributed by atoms with Gasteiger partial charge in [-0.2, -0.15) is 0 Å². The Morgan fingerprint density at radius 2 is 1.59 bits per heavy atom. The van der Waals surface area contributed by atoms with Crippen LogP contribution in [-0.4, -0.2) is 33.5 Å². The molecule has 5 aliphatic carbocycles. The molecule has 0 saturated heterocycles. The first-order valence-corrected chi connectivity index (χ1v) is 14.0. The third kappa shape index (κ3) is 2.76. The summed E-state index contributed by atoms with van der Waals surface area (Å²) < 4.78 is 0. The van der Waals surface area contributed by atoms with Crippen LogP contribution in [0.25, 0.3) is 0 Å². The van der Waals surface area contributed by atoms with E-state index in [0.717, 1.165) is 38.5 Å². The zero-order valence-electron chi connectivity index (χ0n) is 22.5. The van der Waals surface area contributed by atoms with Crippen LogP contribution in [0.1, 0.15) is 99.8 Å². The fourth-order valence-electron chi connectivity index (χ4n) is 10.9. The predicted octanol–water partition coefficient (Wildman–Crippen LogP) is 6.06. The van der Waals surface area contributed by atoms with Crippen molar-refractivity contribution in [1.82, 2.24) is 0 Å². The monoisotopic (exact) mass is 472 g/mol. The molecule has 0 aromatic heterocycles. The van der Waals surface area contributed by atoms with Gasteiger partial charge in [-0.15, -0.1) is 0 Å². The number of fused-ring (bicyclic) bond motifs is 7. The van der Waals surface area contributed by atoms with Gasteiger partial charge in [0.2, 0.25) is 0 Å². The molecule has 4 nitrogen and oxygen atoms in total. The second-order valence-electron chi connectivity index (χ2n) is 14.6. The van der Waals surface area contributed by atoms with Crippen LogP contribution in [0.2, 0.25) is 0 Å². The SMILES string of the molecule is CC1C(O)CC2(C(=O)O)CCC3(C)C(=CCC4C5(C)CCC(O)C(C)(C)C5CCC43C)C2C1C. The van der Waals surface area contributed by atoms with Crippen molar-refractivity contribution in [2.45, 2.75) is 112 Å². The second kappa shape index (κ2) is 7.34. The van der Waals surface area contributed by atoms with Crippen LogP contribution < -0.4 is 0 Å². The molecule has 0 amide bonds. The lowest BCUT2D eigenvalue weighted by Gasteiger charge is -2.71. The zero-order chi connectivity index (χ0) is 25.1. The van der Waals surface area contributed by atoms with Gasteiger partial charge in [0.15, 0.2) is 0 Å². The number of carbonyl (C=O) groups is 1. The summed E-state index contributed by atoms with van der Waals surface area (Å²) in [6.07, 6.45) is 8.98. The summed E-state index contributed by atoms with van der Waals surface area (Å²) in [5, 5.41) is 32.2. The summed E-state index contributed by atoms with van der Waals surface area (Å²) in [7, 11) is 0. The van der Waals surface area contributed by atoms with E-state index in [9.17, 15) is 20.1 Å². The number of rotatable bonds is 1. The van der Waals surface area contributed by atoms with E-state index in [0.29, 0.717) is 24.7 Å². The maximum atomic E-state index is 12.8. The minimum atomic E-state index is -0.835. The second-order valence-corrected chi connectivity index (χ2v) is 14.6. The maximum absolute atomic E-state index is 12.8. The first-order chi connectivity index (χ1) is 15.7. The zero-order valence-corrected chi connectivity index (χ0v) is 22.5. The number of aliphatic hydroxyl groups excluding tert-OH is 2. The Morgan fingerprint density at radius 3 is 2.24 bits per heavy atom. The fraction of sp³-hybridized carbons (Fsp3) is 0.900. The van der Waals surface area contributed by atoms with Crippen LogP contribution in [0, 0.1) is 56.7 Å². The molecule has 34 heavy (non-hydrogen) atoms. The highest BCUT2D eigenvalue weighted by Gasteiger charge is 2.70. The molecule has 0 spiro atoms. The van der Waals surface area contributed by atoms with Gasteiger partial charge in [-0.25, -0.2) is 0 Å². The standard InChI is InChI=1S/C30H48O4/c1-17-18(2)24-19-8-9-22-27(5)12-11-23(32)26(3,4)21(27)10-13-29(22,7)28(19,6)14-15-30(24,25(33)34)16-20(17)31/h8,17-18,20-24,31-32H,9-16H2,1-7H3,(H,33,34). The predicted molar refractivity (Wildman–Crippen MR) is 134 cm³/mol. The molecule has 3 N–H and O–H groups in total. The van der Waals surface area contributed by atoms with Crippen LogP contribution in [-0.2, 0) is 4.79 Å². The lowest BCUT2D eigenvalue weighted by molar-refractivity contribution is -0.209. The summed E-state index contributed by atoms with van der Waals surface area (Å²) >= 11 is 0. The Bertz CT molecular complexity index is 907. The Hall–Kier alpha value is -0.870. The van der Waals surface area contributed by atoms with Crippen LogP contribution in [0.15, 0.2) is 11.6 Å². The van der Waals surface area contributed by atoms with Gasteiger partial charge in [-0.05, 0) is 103 Å². The highest BCUT2D eigenvalue weighted by Crippen LogP contribution is 2.75. The van der Waals surface area contributed by atoms with Crippen molar-refractivity contribution in [2.75, 3.05) is 0 Å². The number of allylic oxidation sites excluding steroid dienone is 2. The van der Waals surface area contributed by atoms with E-state index in [2.05, 4.69) is 54.5 Å². The average Bonchev–Trinajstić information content (AvgIpc) is 2.75. The van der Waals surface area contributed by atoms with Crippen molar-refractivity contribution in [3.05, 3.63) is 11.6 Å². The lowest BCUT2D eigenvalue weighted by Crippen LogP contribution is -2.66. The quantitative estimate of drug-likeness (QED) is 0.405. The van der Waals surface area contributed by atoms with Gasteiger partial charge in [0.1, 0.15) is 0 Å². The molecule has 0 radical (unpaired) electrons. The van der Waals surface area contributed by atoms with E-state index in [1.807, 2.05) is 0 Å². The number of hydrogen-bond donors (Lipinski definition) is 3. The number of carboxylic acid groups (broad SMARTS) is 1. The van der Waals surface area contributed by atoms with Crippen LogP contribution >= 0.6 is 0 Å². The molecule has 11 atom stereocenters. The lowest BCUT2D eigenvalue weighted by atomic mass is 9.33. The van der Waals surface area contributed by atoms with Crippen molar-refractivity contribution >= 4 is 5.97 Å². The van der Waals surface area contributed by atoms with Crippen LogP contribution in [0.4, 0.5) is 0 Å². The Morgan fingerprint density at radius 1 is 0.912 bits per heavy atom. The molecule has 0 aliphatic heterocycles. The van der Waals surface area contributed by atoms with Crippen molar-refractivity contribution in [3.63, 3.8) is 0 Å². The molecule has 0 heterocycles. The van der Waals surface area contributed by atoms with Crippen molar-refractivity contribution in [2.24, 2.45) is 56.7 Å². The molecule has 4 saturated carbocycles. The van der Waals surface area contributed by atoms with Gasteiger partial charge < -0.3 is 15.3 Å². The van der Waals surface area contributed by atoms with Crippen molar-refractivity contribution in [1.29, 1.82) is 0 Å². The molecule has 4 fully saturated rings. The molecule has 0 aromatic rings. The Kier molecular flexibility index (Phi) is 5.36. The topological polar surface area (TPSA) is 77.8 Å². The highest BCUT2D eigenvalue weighted by atomic mass is 16.4. The molecule has 0 bridgehead atoms. The molecule has 192 valence electrons. The number of aliphatic hydroxyl groups is 2. The third-order valence-electron chi connectivity index (χ3n) is 13.5. The minimum absolute atomic E-state index is 0.00933. The first-order valence-electron chi connectivity index (χ1n) is 14.0. The summed E-state index contributed by atoms with van der Waals surface area (Å²) in [4.78, 5) is 12.8. The van der Waals surface area contributed by atoms with E-state index >= 15 is 0 Å². The number of hydrogen-bond acceptors (Lipinski definition) is 3. The fourth-order valence-corrected chi connectivity index (χ4v) is 10.9. The van der Waals surface area contributed by atoms with Crippen molar-refractivity contribution in [3.8, 4) is 0 Å². The summed E-state index contributed by atoms with van der Waals surface area (Å²) in [6, 6.07) is 0. The summed E-state index contributed by atoms with van der Waals surface area (Å²) in [5.74, 6) is 0.644. The average molecular weight is 473 g/mol. The van der Waals surface area contributed by atoms with E-state index < -0.39 is 17.5 Å². The largest absolute Gasteiger partial charge is 0.481 e. The summed E-state index contributed by atoms with van der Waals surface area (Å²) in [6.45, 7) is 16.4. The first kappa shape index (κ1) is 24.8. The smallest absolute Gasteiger partial charge is 0.310 e. The minimum Gasteiger partial charge on any atom is -0.481 e. The van der Waals surface area contributed by atoms with Crippen molar-refractivity contribution < 1.29 is 20.1 Å². The molecule has 11 unspecified atom stereocenters. The molecule has 4 heteroatoms. The van der Waals surface area contributed by atoms with Gasteiger partial charge in [-0.1, -0.05) is 60.1 Å². The van der Waals surface area contributed by atoms with Gasteiger partial charge in [0, 0.05) is 0 Å². The Labute approximate surface area is 206 Å². The van der Waals surface area contributed by atoms with Gasteiger partial charge in [0.05, 0.1) is 17.6 Å². The van der Waals surface area contributed by atoms with E-state index in [1.54, 1.807) is 0 Å². The van der Waals surface area contributed by atoms with Gasteiger partial charge >= 0.3 is 5.97 Å². The van der Waals surface area contributed by atoms with Crippen LogP contribution in [0.3, 0.4) is 0 Å². The molecular formula is C30H48O4. The molecule has 5 aliphatic rings. The number of aliphatic carboxylic acids is 1. The molecular weight excluding hydrogens is 424 g/mol. The van der Waals surface area contributed by atoms with Crippen LogP contribution in [0.5, 0.6) is 0 Å².